The Bertz CT molecular complexity index is 1490. The maximum Gasteiger partial charge on any atom is 0.305 e. The normalized spacial score (nSPS) is 12.6. The number of ether oxygens (including phenoxy) is 1. The zero-order valence-electron chi connectivity index (χ0n) is 62.6. The van der Waals surface area contributed by atoms with E-state index in [4.69, 9.17) is 4.74 Å². The molecule has 0 aliphatic carbocycles. The van der Waals surface area contributed by atoms with Crippen LogP contribution in [0.4, 0.5) is 0 Å². The Morgan fingerprint density at radius 1 is 0.304 bits per heavy atom. The Labute approximate surface area is 576 Å². The molecule has 0 aromatic rings. The van der Waals surface area contributed by atoms with Crippen molar-refractivity contribution in [3.05, 3.63) is 36.5 Å². The van der Waals surface area contributed by atoms with Crippen molar-refractivity contribution in [2.24, 2.45) is 0 Å². The van der Waals surface area contributed by atoms with Gasteiger partial charge in [0.1, 0.15) is 0 Å². The zero-order chi connectivity index (χ0) is 66.3. The number of hydrogen-bond donors (Lipinski definition) is 3. The Morgan fingerprint density at radius 2 is 0.543 bits per heavy atom. The van der Waals surface area contributed by atoms with Crippen LogP contribution in [0.25, 0.3) is 0 Å². The van der Waals surface area contributed by atoms with E-state index >= 15 is 0 Å². The molecule has 0 saturated carbocycles. The summed E-state index contributed by atoms with van der Waals surface area (Å²) in [6.07, 6.45) is 107. The van der Waals surface area contributed by atoms with Gasteiger partial charge in [0.05, 0.1) is 25.4 Å². The fourth-order valence-electron chi connectivity index (χ4n) is 13.5. The first-order valence-corrected chi connectivity index (χ1v) is 42.3. The third-order valence-corrected chi connectivity index (χ3v) is 19.9. The van der Waals surface area contributed by atoms with Gasteiger partial charge in [0.2, 0.25) is 5.91 Å². The van der Waals surface area contributed by atoms with Gasteiger partial charge in [0.25, 0.3) is 0 Å². The molecule has 0 fully saturated rings. The summed E-state index contributed by atoms with van der Waals surface area (Å²) in [6.45, 7) is 4.93. The number of aliphatic hydroxyl groups excluding tert-OH is 2. The number of aliphatic hydroxyl groups is 2. The van der Waals surface area contributed by atoms with E-state index in [9.17, 15) is 19.8 Å². The lowest BCUT2D eigenvalue weighted by Crippen LogP contribution is -2.45. The summed E-state index contributed by atoms with van der Waals surface area (Å²) in [5.74, 6) is -0.0467. The number of unbranched alkanes of at least 4 members (excludes halogenated alkanes) is 65. The number of hydrogen-bond acceptors (Lipinski definition) is 5. The minimum Gasteiger partial charge on any atom is -0.466 e. The second-order valence-electron chi connectivity index (χ2n) is 29.2. The number of carbonyl (C=O) groups excluding carboxylic acids is 2. The fourth-order valence-corrected chi connectivity index (χ4v) is 13.5. The second kappa shape index (κ2) is 81.5. The second-order valence-corrected chi connectivity index (χ2v) is 29.2. The van der Waals surface area contributed by atoms with Crippen LogP contribution in [0.1, 0.15) is 476 Å². The van der Waals surface area contributed by atoms with Gasteiger partial charge >= 0.3 is 5.97 Å². The van der Waals surface area contributed by atoms with Crippen molar-refractivity contribution in [1.29, 1.82) is 0 Å². The lowest BCUT2D eigenvalue weighted by molar-refractivity contribution is -0.143. The molecule has 0 spiro atoms. The molecule has 6 nitrogen and oxygen atoms in total. The Morgan fingerprint density at radius 3 is 0.837 bits per heavy atom. The van der Waals surface area contributed by atoms with E-state index in [2.05, 4.69) is 43.5 Å². The van der Waals surface area contributed by atoms with Gasteiger partial charge in [-0.25, -0.2) is 0 Å². The molecule has 1 amide bonds. The molecule has 0 radical (unpaired) electrons. The highest BCUT2D eigenvalue weighted by Crippen LogP contribution is 2.20. The van der Waals surface area contributed by atoms with Crippen LogP contribution in [0.3, 0.4) is 0 Å². The van der Waals surface area contributed by atoms with Crippen molar-refractivity contribution < 1.29 is 24.5 Å². The number of nitrogens with one attached hydrogen (secondary N) is 1. The van der Waals surface area contributed by atoms with Crippen molar-refractivity contribution in [2.75, 3.05) is 13.2 Å². The maximum absolute atomic E-state index is 12.6. The lowest BCUT2D eigenvalue weighted by Gasteiger charge is -2.20. The number of esters is 1. The highest BCUT2D eigenvalue weighted by Gasteiger charge is 2.18. The van der Waals surface area contributed by atoms with E-state index in [0.29, 0.717) is 19.4 Å². The predicted molar refractivity (Wildman–Crippen MR) is 407 cm³/mol. The monoisotopic (exact) mass is 1290 g/mol. The fraction of sp³-hybridized carbons (Fsp3) is 0.907. The van der Waals surface area contributed by atoms with Crippen LogP contribution in [0, 0.1) is 0 Å². The molecule has 0 aliphatic rings. The molecule has 6 heteroatoms. The van der Waals surface area contributed by atoms with Crippen molar-refractivity contribution >= 4 is 11.9 Å². The van der Waals surface area contributed by atoms with Crippen molar-refractivity contribution in [3.63, 3.8) is 0 Å². The van der Waals surface area contributed by atoms with E-state index in [0.717, 1.165) is 51.4 Å². The summed E-state index contributed by atoms with van der Waals surface area (Å²) in [5.41, 5.74) is 0. The SMILES string of the molecule is CCCCCC/C=C\C/C=C\CCCCCCCC(=O)OCCCCCCCCCCCCCCCCCCCCCCCCCCCCCCCCCCCCCCCC(=O)NC(CO)C(O)/C=C/CCCCCCCCCCCCCCCCCCCCCC. The number of rotatable bonds is 80. The van der Waals surface area contributed by atoms with Gasteiger partial charge in [-0.1, -0.05) is 436 Å². The Hall–Kier alpha value is -1.92. The largest absolute Gasteiger partial charge is 0.466 e. The molecule has 0 rings (SSSR count). The van der Waals surface area contributed by atoms with E-state index in [1.807, 2.05) is 6.08 Å². The van der Waals surface area contributed by atoms with Gasteiger partial charge in [-0.3, -0.25) is 9.59 Å². The minimum atomic E-state index is -0.842. The molecule has 0 bridgehead atoms. The summed E-state index contributed by atoms with van der Waals surface area (Å²) >= 11 is 0. The van der Waals surface area contributed by atoms with Crippen LogP contribution in [0.2, 0.25) is 0 Å². The number of amides is 1. The molecule has 0 heterocycles. The van der Waals surface area contributed by atoms with Gasteiger partial charge in [-0.15, -0.1) is 0 Å². The van der Waals surface area contributed by atoms with Crippen molar-refractivity contribution in [2.45, 2.75) is 488 Å². The summed E-state index contributed by atoms with van der Waals surface area (Å²) in [5, 5.41) is 23.3. The van der Waals surface area contributed by atoms with Crippen LogP contribution in [0.5, 0.6) is 0 Å². The third-order valence-electron chi connectivity index (χ3n) is 19.9. The number of carbonyl (C=O) groups is 2. The standard InChI is InChI=1S/C86H165NO5/c1-3-5-7-9-11-13-15-17-19-21-22-23-41-44-47-50-54-58-62-66-70-74-78-84(89)83(82-88)87-85(90)79-75-71-67-63-59-55-51-48-45-42-39-37-35-33-31-29-27-25-24-26-28-30-32-34-36-38-40-43-46-49-53-57-61-65-69-73-77-81-92-86(91)80-76-72-68-64-60-56-52-20-18-16-14-12-10-8-6-4-2/h14,16,20,52,74,78,83-84,88-89H,3-13,15,17-19,21-51,53-73,75-77,79-82H2,1-2H3,(H,87,90)/b16-14-,52-20-,78-74+. The van der Waals surface area contributed by atoms with Crippen molar-refractivity contribution in [3.8, 4) is 0 Å². The first-order chi connectivity index (χ1) is 45.5. The third kappa shape index (κ3) is 77.1. The Kier molecular flexibility index (Phi) is 79.8. The molecule has 2 atom stereocenters. The van der Waals surface area contributed by atoms with Crippen LogP contribution < -0.4 is 5.32 Å². The topological polar surface area (TPSA) is 95.9 Å². The molecule has 544 valence electrons. The summed E-state index contributed by atoms with van der Waals surface area (Å²) in [6, 6.07) is -0.625. The smallest absolute Gasteiger partial charge is 0.305 e. The van der Waals surface area contributed by atoms with E-state index in [-0.39, 0.29) is 18.5 Å². The van der Waals surface area contributed by atoms with Crippen LogP contribution in [0.15, 0.2) is 36.5 Å². The summed E-state index contributed by atoms with van der Waals surface area (Å²) < 4.78 is 5.50. The highest BCUT2D eigenvalue weighted by molar-refractivity contribution is 5.76. The first kappa shape index (κ1) is 90.1. The van der Waals surface area contributed by atoms with E-state index < -0.39 is 12.1 Å². The van der Waals surface area contributed by atoms with Gasteiger partial charge in [0, 0.05) is 12.8 Å². The molecular formula is C86H165NO5. The molecule has 0 aromatic carbocycles. The van der Waals surface area contributed by atoms with Gasteiger partial charge in [0.15, 0.2) is 0 Å². The maximum atomic E-state index is 12.6. The lowest BCUT2D eigenvalue weighted by atomic mass is 10.0. The first-order valence-electron chi connectivity index (χ1n) is 42.3. The molecule has 3 N–H and O–H groups in total. The van der Waals surface area contributed by atoms with Gasteiger partial charge < -0.3 is 20.3 Å². The minimum absolute atomic E-state index is 0.0104. The quantitative estimate of drug-likeness (QED) is 0.0320. The molecular weight excluding hydrogens is 1130 g/mol. The summed E-state index contributed by atoms with van der Waals surface area (Å²) in [7, 11) is 0. The van der Waals surface area contributed by atoms with Gasteiger partial charge in [-0.05, 0) is 64.2 Å². The predicted octanol–water partition coefficient (Wildman–Crippen LogP) is 28.2. The average Bonchev–Trinajstić information content (AvgIpc) is 3.61. The molecule has 2 unspecified atom stereocenters. The van der Waals surface area contributed by atoms with Gasteiger partial charge in [-0.2, -0.15) is 0 Å². The average molecular weight is 1290 g/mol. The zero-order valence-corrected chi connectivity index (χ0v) is 62.6. The highest BCUT2D eigenvalue weighted by atomic mass is 16.5. The van der Waals surface area contributed by atoms with E-state index in [1.165, 1.54) is 398 Å². The molecule has 0 saturated heterocycles. The van der Waals surface area contributed by atoms with Crippen LogP contribution in [-0.2, 0) is 14.3 Å². The van der Waals surface area contributed by atoms with Crippen molar-refractivity contribution in [1.82, 2.24) is 5.32 Å². The van der Waals surface area contributed by atoms with Crippen LogP contribution in [-0.4, -0.2) is 47.4 Å². The summed E-state index contributed by atoms with van der Waals surface area (Å²) in [4.78, 5) is 24.7. The Balaban J connectivity index is 3.33. The molecule has 0 aliphatic heterocycles. The number of allylic oxidation sites excluding steroid dienone is 5. The molecule has 92 heavy (non-hydrogen) atoms. The van der Waals surface area contributed by atoms with E-state index in [1.54, 1.807) is 6.08 Å². The molecule has 0 aromatic heterocycles. The van der Waals surface area contributed by atoms with Crippen LogP contribution >= 0.6 is 0 Å².